The van der Waals surface area contributed by atoms with E-state index < -0.39 is 0 Å². The van der Waals surface area contributed by atoms with Gasteiger partial charge in [0.15, 0.2) is 0 Å². The molecule has 1 aromatic heterocycles. The molecule has 0 radical (unpaired) electrons. The molecular weight excluding hydrogens is 250 g/mol. The minimum Gasteiger partial charge on any atom is -0.389 e. The van der Waals surface area contributed by atoms with Gasteiger partial charge < -0.3 is 10.6 Å². The number of pyridine rings is 1. The standard InChI is InChI=1S/C12H17N3S2/c1-2-9-8-15(6-7-17-9)12-10(11(13)16)4-3-5-14-12/h3-5,9H,2,6-8H2,1H3,(H2,13,16). The minimum atomic E-state index is 0.430. The zero-order valence-electron chi connectivity index (χ0n) is 9.93. The Kier molecular flexibility index (Phi) is 4.23. The molecule has 5 heteroatoms. The summed E-state index contributed by atoms with van der Waals surface area (Å²) in [7, 11) is 0. The Balaban J connectivity index is 2.24. The molecular formula is C12H17N3S2. The molecule has 1 unspecified atom stereocenters. The van der Waals surface area contributed by atoms with Gasteiger partial charge in [0, 0.05) is 30.3 Å². The summed E-state index contributed by atoms with van der Waals surface area (Å²) >= 11 is 7.12. The number of thioether (sulfide) groups is 1. The Morgan fingerprint density at radius 2 is 2.53 bits per heavy atom. The molecule has 0 bridgehead atoms. The first kappa shape index (κ1) is 12.6. The number of anilines is 1. The normalized spacial score (nSPS) is 20.3. The van der Waals surface area contributed by atoms with Crippen LogP contribution in [0.5, 0.6) is 0 Å². The molecule has 0 saturated carbocycles. The highest BCUT2D eigenvalue weighted by molar-refractivity contribution is 8.00. The molecule has 0 aromatic carbocycles. The van der Waals surface area contributed by atoms with Crippen LogP contribution in [0.1, 0.15) is 18.9 Å². The van der Waals surface area contributed by atoms with E-state index in [1.54, 1.807) is 6.20 Å². The fourth-order valence-corrected chi connectivity index (χ4v) is 3.34. The van der Waals surface area contributed by atoms with Crippen LogP contribution in [-0.4, -0.2) is 34.1 Å². The van der Waals surface area contributed by atoms with Crippen molar-refractivity contribution < 1.29 is 0 Å². The fraction of sp³-hybridized carbons (Fsp3) is 0.500. The third kappa shape index (κ3) is 2.90. The van der Waals surface area contributed by atoms with Crippen molar-refractivity contribution in [2.24, 2.45) is 5.73 Å². The van der Waals surface area contributed by atoms with Crippen molar-refractivity contribution in [3.63, 3.8) is 0 Å². The van der Waals surface area contributed by atoms with E-state index in [0.717, 1.165) is 30.2 Å². The number of aromatic nitrogens is 1. The first-order valence-electron chi connectivity index (χ1n) is 5.83. The lowest BCUT2D eigenvalue weighted by Gasteiger charge is -2.33. The summed E-state index contributed by atoms with van der Waals surface area (Å²) < 4.78 is 0. The SMILES string of the molecule is CCC1CN(c2ncccc2C(N)=S)CCS1. The third-order valence-electron chi connectivity index (χ3n) is 2.95. The van der Waals surface area contributed by atoms with E-state index in [0.29, 0.717) is 10.2 Å². The average molecular weight is 267 g/mol. The zero-order chi connectivity index (χ0) is 12.3. The zero-order valence-corrected chi connectivity index (χ0v) is 11.6. The van der Waals surface area contributed by atoms with E-state index in [9.17, 15) is 0 Å². The maximum atomic E-state index is 5.75. The Labute approximate surface area is 112 Å². The molecule has 3 nitrogen and oxygen atoms in total. The van der Waals surface area contributed by atoms with Crippen LogP contribution in [0, 0.1) is 0 Å². The molecule has 2 heterocycles. The second-order valence-corrected chi connectivity index (χ2v) is 5.93. The van der Waals surface area contributed by atoms with E-state index in [1.165, 1.54) is 6.42 Å². The average Bonchev–Trinajstić information content (AvgIpc) is 2.39. The first-order valence-corrected chi connectivity index (χ1v) is 7.29. The maximum absolute atomic E-state index is 5.75. The van der Waals surface area contributed by atoms with Crippen molar-refractivity contribution in [1.82, 2.24) is 4.98 Å². The van der Waals surface area contributed by atoms with E-state index in [1.807, 2.05) is 23.9 Å². The van der Waals surface area contributed by atoms with Crippen molar-refractivity contribution >= 4 is 34.8 Å². The van der Waals surface area contributed by atoms with E-state index in [4.69, 9.17) is 18.0 Å². The van der Waals surface area contributed by atoms with Crippen molar-refractivity contribution in [3.05, 3.63) is 23.9 Å². The quantitative estimate of drug-likeness (QED) is 0.849. The fourth-order valence-electron chi connectivity index (χ4n) is 2.00. The van der Waals surface area contributed by atoms with E-state index in [-0.39, 0.29) is 0 Å². The van der Waals surface area contributed by atoms with Crippen molar-refractivity contribution in [3.8, 4) is 0 Å². The minimum absolute atomic E-state index is 0.430. The van der Waals surface area contributed by atoms with Gasteiger partial charge in [-0.25, -0.2) is 4.98 Å². The molecule has 92 valence electrons. The lowest BCUT2D eigenvalue weighted by atomic mass is 10.2. The van der Waals surface area contributed by atoms with Crippen LogP contribution in [-0.2, 0) is 0 Å². The van der Waals surface area contributed by atoms with Gasteiger partial charge in [0.2, 0.25) is 0 Å². The predicted octanol–water partition coefficient (Wildman–Crippen LogP) is 2.05. The summed E-state index contributed by atoms with van der Waals surface area (Å²) in [6, 6.07) is 3.83. The largest absolute Gasteiger partial charge is 0.389 e. The monoisotopic (exact) mass is 267 g/mol. The number of nitrogens with zero attached hydrogens (tertiary/aromatic N) is 2. The van der Waals surface area contributed by atoms with Crippen LogP contribution in [0.3, 0.4) is 0 Å². The van der Waals surface area contributed by atoms with Gasteiger partial charge in [0.25, 0.3) is 0 Å². The van der Waals surface area contributed by atoms with Crippen molar-refractivity contribution in [1.29, 1.82) is 0 Å². The van der Waals surface area contributed by atoms with Crippen LogP contribution in [0.2, 0.25) is 0 Å². The molecule has 0 spiro atoms. The summed E-state index contributed by atoms with van der Waals surface area (Å²) in [5.74, 6) is 2.09. The smallest absolute Gasteiger partial charge is 0.138 e. The highest BCUT2D eigenvalue weighted by Gasteiger charge is 2.22. The molecule has 0 aliphatic carbocycles. The second-order valence-electron chi connectivity index (χ2n) is 4.09. The lowest BCUT2D eigenvalue weighted by molar-refractivity contribution is 0.719. The Hall–Kier alpha value is -0.810. The van der Waals surface area contributed by atoms with Crippen molar-refractivity contribution in [2.45, 2.75) is 18.6 Å². The number of thiocarbonyl (C=S) groups is 1. The van der Waals surface area contributed by atoms with Gasteiger partial charge in [-0.1, -0.05) is 19.1 Å². The summed E-state index contributed by atoms with van der Waals surface area (Å²) in [5, 5.41) is 0.685. The first-order chi connectivity index (χ1) is 8.22. The van der Waals surface area contributed by atoms with Gasteiger partial charge in [-0.3, -0.25) is 0 Å². The van der Waals surface area contributed by atoms with Gasteiger partial charge in [0.1, 0.15) is 10.8 Å². The van der Waals surface area contributed by atoms with Crippen LogP contribution in [0.4, 0.5) is 5.82 Å². The topological polar surface area (TPSA) is 42.2 Å². The van der Waals surface area contributed by atoms with Gasteiger partial charge in [-0.05, 0) is 18.6 Å². The highest BCUT2D eigenvalue weighted by atomic mass is 32.2. The van der Waals surface area contributed by atoms with Crippen LogP contribution in [0.25, 0.3) is 0 Å². The molecule has 17 heavy (non-hydrogen) atoms. The van der Waals surface area contributed by atoms with E-state index in [2.05, 4.69) is 16.8 Å². The number of hydrogen-bond donors (Lipinski definition) is 1. The third-order valence-corrected chi connectivity index (χ3v) is 4.54. The summed E-state index contributed by atoms with van der Waals surface area (Å²) in [6.45, 7) is 4.29. The molecule has 1 aliphatic heterocycles. The lowest BCUT2D eigenvalue weighted by Crippen LogP contribution is -2.39. The molecule has 1 saturated heterocycles. The Morgan fingerprint density at radius 3 is 3.24 bits per heavy atom. The van der Waals surface area contributed by atoms with Crippen LogP contribution >= 0.6 is 24.0 Å². The number of hydrogen-bond acceptors (Lipinski definition) is 4. The number of nitrogens with two attached hydrogens (primary N) is 1. The summed E-state index contributed by atoms with van der Waals surface area (Å²) in [6.07, 6.45) is 3.00. The Bertz CT molecular complexity index is 408. The molecule has 1 fully saturated rings. The second kappa shape index (κ2) is 5.69. The van der Waals surface area contributed by atoms with Crippen molar-refractivity contribution in [2.75, 3.05) is 23.7 Å². The number of rotatable bonds is 3. The molecule has 1 aliphatic rings. The molecule has 2 rings (SSSR count). The molecule has 1 atom stereocenters. The van der Waals surface area contributed by atoms with Gasteiger partial charge in [0.05, 0.1) is 5.56 Å². The van der Waals surface area contributed by atoms with E-state index >= 15 is 0 Å². The maximum Gasteiger partial charge on any atom is 0.138 e. The van der Waals surface area contributed by atoms with Gasteiger partial charge in [-0.2, -0.15) is 11.8 Å². The van der Waals surface area contributed by atoms with Crippen LogP contribution < -0.4 is 10.6 Å². The molecule has 0 amide bonds. The van der Waals surface area contributed by atoms with Crippen LogP contribution in [0.15, 0.2) is 18.3 Å². The Morgan fingerprint density at radius 1 is 1.71 bits per heavy atom. The predicted molar refractivity (Wildman–Crippen MR) is 78.9 cm³/mol. The molecule has 1 aromatic rings. The molecule has 2 N–H and O–H groups in total. The van der Waals surface area contributed by atoms with Gasteiger partial charge >= 0.3 is 0 Å². The highest BCUT2D eigenvalue weighted by Crippen LogP contribution is 2.26. The van der Waals surface area contributed by atoms with Gasteiger partial charge in [-0.15, -0.1) is 0 Å². The summed E-state index contributed by atoms with van der Waals surface area (Å²) in [4.78, 5) is 7.18. The summed E-state index contributed by atoms with van der Waals surface area (Å²) in [5.41, 5.74) is 6.64.